The number of rotatable bonds is 8. The zero-order valence-corrected chi connectivity index (χ0v) is 18.1. The van der Waals surface area contributed by atoms with Crippen LogP contribution in [0.15, 0.2) is 89.1 Å². The molecule has 0 saturated carbocycles. The zero-order valence-electron chi connectivity index (χ0n) is 17.3. The van der Waals surface area contributed by atoms with E-state index in [0.29, 0.717) is 17.3 Å². The Hall–Kier alpha value is -3.58. The van der Waals surface area contributed by atoms with E-state index in [1.807, 2.05) is 66.7 Å². The monoisotopic (exact) mass is 430 g/mol. The molecule has 0 unspecified atom stereocenters. The van der Waals surface area contributed by atoms with Gasteiger partial charge in [-0.25, -0.2) is 0 Å². The molecule has 3 aromatic carbocycles. The highest BCUT2D eigenvalue weighted by molar-refractivity contribution is 7.98. The van der Waals surface area contributed by atoms with Crippen molar-refractivity contribution >= 4 is 18.0 Å². The van der Waals surface area contributed by atoms with Crippen LogP contribution in [-0.4, -0.2) is 35.3 Å². The van der Waals surface area contributed by atoms with E-state index in [0.717, 1.165) is 22.0 Å². The van der Waals surface area contributed by atoms with Crippen molar-refractivity contribution in [2.24, 2.45) is 5.10 Å². The Kier molecular flexibility index (Phi) is 6.64. The van der Waals surface area contributed by atoms with E-state index in [9.17, 15) is 0 Å². The normalized spacial score (nSPS) is 11.0. The molecule has 4 aromatic rings. The summed E-state index contributed by atoms with van der Waals surface area (Å²) < 4.78 is 12.5. The number of thioether (sulfide) groups is 1. The summed E-state index contributed by atoms with van der Waals surface area (Å²) in [6.45, 7) is 0. The first kappa shape index (κ1) is 20.7. The SMILES string of the molecule is COc1ccc(/C=N\n2c(SCc3ccccc3)nnc2-c2ccccc2)cc1OC. The zero-order chi connectivity index (χ0) is 21.5. The highest BCUT2D eigenvalue weighted by Crippen LogP contribution is 2.28. The highest BCUT2D eigenvalue weighted by Gasteiger charge is 2.14. The minimum absolute atomic E-state index is 0.650. The van der Waals surface area contributed by atoms with Gasteiger partial charge in [0.15, 0.2) is 17.3 Å². The standard InChI is InChI=1S/C24H22N4O2S/c1-29-21-14-13-19(15-22(21)30-2)16-25-28-23(20-11-7-4-8-12-20)26-27-24(28)31-17-18-9-5-3-6-10-18/h3-16H,17H2,1-2H3/b25-16-. The van der Waals surface area contributed by atoms with Crippen molar-refractivity contribution in [1.29, 1.82) is 0 Å². The minimum Gasteiger partial charge on any atom is -0.493 e. The summed E-state index contributed by atoms with van der Waals surface area (Å²) in [5, 5.41) is 14.2. The van der Waals surface area contributed by atoms with Crippen molar-refractivity contribution in [2.45, 2.75) is 10.9 Å². The molecule has 0 saturated heterocycles. The van der Waals surface area contributed by atoms with E-state index in [2.05, 4.69) is 22.3 Å². The Morgan fingerprint density at radius 1 is 0.871 bits per heavy atom. The van der Waals surface area contributed by atoms with Crippen LogP contribution in [0.3, 0.4) is 0 Å². The van der Waals surface area contributed by atoms with Gasteiger partial charge in [0.25, 0.3) is 0 Å². The van der Waals surface area contributed by atoms with Crippen molar-refractivity contribution < 1.29 is 9.47 Å². The average molecular weight is 431 g/mol. The number of hydrogen-bond donors (Lipinski definition) is 0. The predicted molar refractivity (Wildman–Crippen MR) is 124 cm³/mol. The molecule has 0 amide bonds. The van der Waals surface area contributed by atoms with Crippen molar-refractivity contribution in [3.05, 3.63) is 90.0 Å². The second kappa shape index (κ2) is 9.95. The highest BCUT2D eigenvalue weighted by atomic mass is 32.2. The Morgan fingerprint density at radius 2 is 1.58 bits per heavy atom. The molecule has 0 N–H and O–H groups in total. The Bertz CT molecular complexity index is 1160. The lowest BCUT2D eigenvalue weighted by Gasteiger charge is -2.08. The number of methoxy groups -OCH3 is 2. The van der Waals surface area contributed by atoms with Gasteiger partial charge < -0.3 is 9.47 Å². The largest absolute Gasteiger partial charge is 0.493 e. The van der Waals surface area contributed by atoms with Crippen LogP contribution in [0, 0.1) is 0 Å². The molecule has 0 aliphatic heterocycles. The first-order chi connectivity index (χ1) is 15.3. The number of hydrogen-bond acceptors (Lipinski definition) is 6. The van der Waals surface area contributed by atoms with Crippen LogP contribution in [0.1, 0.15) is 11.1 Å². The molecule has 0 atom stereocenters. The molecule has 4 rings (SSSR count). The van der Waals surface area contributed by atoms with Crippen molar-refractivity contribution in [3.8, 4) is 22.9 Å². The molecule has 7 heteroatoms. The fourth-order valence-corrected chi connectivity index (χ4v) is 3.85. The fraction of sp³-hybridized carbons (Fsp3) is 0.125. The number of nitrogens with zero attached hydrogens (tertiary/aromatic N) is 4. The molecule has 0 radical (unpaired) electrons. The lowest BCUT2D eigenvalue weighted by Crippen LogP contribution is -1.98. The average Bonchev–Trinajstić information content (AvgIpc) is 3.25. The van der Waals surface area contributed by atoms with Gasteiger partial charge >= 0.3 is 0 Å². The summed E-state index contributed by atoms with van der Waals surface area (Å²) in [7, 11) is 3.23. The van der Waals surface area contributed by atoms with Gasteiger partial charge in [0.1, 0.15) is 0 Å². The first-order valence-electron chi connectivity index (χ1n) is 9.72. The first-order valence-corrected chi connectivity index (χ1v) is 10.7. The second-order valence-corrected chi connectivity index (χ2v) is 7.56. The summed E-state index contributed by atoms with van der Waals surface area (Å²) in [5.41, 5.74) is 3.04. The van der Waals surface area contributed by atoms with E-state index in [1.165, 1.54) is 5.56 Å². The van der Waals surface area contributed by atoms with Gasteiger partial charge in [-0.05, 0) is 29.3 Å². The summed E-state index contributed by atoms with van der Waals surface area (Å²) >= 11 is 1.60. The summed E-state index contributed by atoms with van der Waals surface area (Å²) in [5.74, 6) is 2.79. The smallest absolute Gasteiger partial charge is 0.212 e. The van der Waals surface area contributed by atoms with Gasteiger partial charge in [-0.3, -0.25) is 0 Å². The molecule has 0 aliphatic carbocycles. The van der Waals surface area contributed by atoms with Crippen LogP contribution in [-0.2, 0) is 5.75 Å². The Labute approximate surface area is 185 Å². The van der Waals surface area contributed by atoms with Gasteiger partial charge in [0, 0.05) is 11.3 Å². The van der Waals surface area contributed by atoms with E-state index in [1.54, 1.807) is 36.9 Å². The molecular formula is C24H22N4O2S. The molecule has 31 heavy (non-hydrogen) atoms. The van der Waals surface area contributed by atoms with E-state index in [4.69, 9.17) is 14.6 Å². The molecule has 0 spiro atoms. The number of aromatic nitrogens is 3. The molecule has 6 nitrogen and oxygen atoms in total. The Morgan fingerprint density at radius 3 is 2.29 bits per heavy atom. The van der Waals surface area contributed by atoms with Gasteiger partial charge in [-0.15, -0.1) is 10.2 Å². The van der Waals surface area contributed by atoms with E-state index < -0.39 is 0 Å². The van der Waals surface area contributed by atoms with Gasteiger partial charge in [0.05, 0.1) is 20.4 Å². The Balaban J connectivity index is 1.66. The third kappa shape index (κ3) is 4.95. The van der Waals surface area contributed by atoms with Crippen LogP contribution < -0.4 is 9.47 Å². The quantitative estimate of drug-likeness (QED) is 0.286. The fourth-order valence-electron chi connectivity index (χ4n) is 3.01. The van der Waals surface area contributed by atoms with E-state index in [-0.39, 0.29) is 0 Å². The topological polar surface area (TPSA) is 61.5 Å². The van der Waals surface area contributed by atoms with Crippen LogP contribution in [0.5, 0.6) is 11.5 Å². The minimum atomic E-state index is 0.650. The number of benzene rings is 3. The summed E-state index contributed by atoms with van der Waals surface area (Å²) in [6.07, 6.45) is 1.77. The van der Waals surface area contributed by atoms with Crippen LogP contribution in [0.4, 0.5) is 0 Å². The van der Waals surface area contributed by atoms with Gasteiger partial charge in [-0.1, -0.05) is 72.4 Å². The maximum atomic E-state index is 5.40. The van der Waals surface area contributed by atoms with Crippen LogP contribution in [0.25, 0.3) is 11.4 Å². The number of ether oxygens (including phenoxy) is 2. The molecule has 1 heterocycles. The van der Waals surface area contributed by atoms with Crippen molar-refractivity contribution in [3.63, 3.8) is 0 Å². The second-order valence-electron chi connectivity index (χ2n) is 6.62. The molecule has 0 bridgehead atoms. The van der Waals surface area contributed by atoms with Gasteiger partial charge in [0.2, 0.25) is 5.16 Å². The predicted octanol–water partition coefficient (Wildman–Crippen LogP) is 5.14. The third-order valence-corrected chi connectivity index (χ3v) is 5.58. The lowest BCUT2D eigenvalue weighted by molar-refractivity contribution is 0.355. The van der Waals surface area contributed by atoms with Crippen molar-refractivity contribution in [1.82, 2.24) is 14.9 Å². The molecule has 1 aromatic heterocycles. The summed E-state index contributed by atoms with van der Waals surface area (Å²) in [6, 6.07) is 25.9. The molecule has 0 fully saturated rings. The van der Waals surface area contributed by atoms with Gasteiger partial charge in [-0.2, -0.15) is 9.78 Å². The third-order valence-electron chi connectivity index (χ3n) is 4.58. The maximum Gasteiger partial charge on any atom is 0.212 e. The van der Waals surface area contributed by atoms with Crippen molar-refractivity contribution in [2.75, 3.05) is 14.2 Å². The van der Waals surface area contributed by atoms with Crippen LogP contribution in [0.2, 0.25) is 0 Å². The van der Waals surface area contributed by atoms with Crippen LogP contribution >= 0.6 is 11.8 Å². The molecule has 0 aliphatic rings. The lowest BCUT2D eigenvalue weighted by atomic mass is 10.2. The molecular weight excluding hydrogens is 408 g/mol. The van der Waals surface area contributed by atoms with E-state index >= 15 is 0 Å². The maximum absolute atomic E-state index is 5.40. The molecule has 156 valence electrons. The summed E-state index contributed by atoms with van der Waals surface area (Å²) in [4.78, 5) is 0.